The summed E-state index contributed by atoms with van der Waals surface area (Å²) >= 11 is 0. The summed E-state index contributed by atoms with van der Waals surface area (Å²) in [6, 6.07) is 0.00383. The summed E-state index contributed by atoms with van der Waals surface area (Å²) in [5.74, 6) is 0.592. The number of carbonyl (C=O) groups excluding carboxylic acids is 1. The summed E-state index contributed by atoms with van der Waals surface area (Å²) in [7, 11) is 0. The van der Waals surface area contributed by atoms with Crippen molar-refractivity contribution in [1.29, 1.82) is 0 Å². The van der Waals surface area contributed by atoms with Crippen LogP contribution in [0.3, 0.4) is 0 Å². The van der Waals surface area contributed by atoms with E-state index in [1.54, 1.807) is 0 Å². The van der Waals surface area contributed by atoms with E-state index in [0.29, 0.717) is 11.6 Å². The molecule has 5 heteroatoms. The molecule has 1 heterocycles. The van der Waals surface area contributed by atoms with Crippen molar-refractivity contribution in [2.75, 3.05) is 0 Å². The van der Waals surface area contributed by atoms with E-state index >= 15 is 0 Å². The normalized spacial score (nSPS) is 20.0. The highest BCUT2D eigenvalue weighted by Gasteiger charge is 2.22. The van der Waals surface area contributed by atoms with E-state index < -0.39 is 0 Å². The zero-order valence-corrected chi connectivity index (χ0v) is 13.8. The van der Waals surface area contributed by atoms with Crippen molar-refractivity contribution in [1.82, 2.24) is 10.3 Å². The molecule has 0 radical (unpaired) electrons. The summed E-state index contributed by atoms with van der Waals surface area (Å²) < 4.78 is 5.41. The van der Waals surface area contributed by atoms with Crippen LogP contribution in [-0.4, -0.2) is 16.9 Å². The van der Waals surface area contributed by atoms with Crippen LogP contribution < -0.4 is 11.1 Å². The van der Waals surface area contributed by atoms with Gasteiger partial charge >= 0.3 is 0 Å². The molecule has 1 amide bonds. The summed E-state index contributed by atoms with van der Waals surface area (Å²) in [4.78, 5) is 16.6. The maximum atomic E-state index is 12.3. The van der Waals surface area contributed by atoms with Gasteiger partial charge in [0, 0.05) is 6.04 Å². The van der Waals surface area contributed by atoms with Gasteiger partial charge in [-0.3, -0.25) is 4.79 Å². The Bertz CT molecular complexity index is 464. The molecule has 2 unspecified atom stereocenters. The van der Waals surface area contributed by atoms with E-state index in [4.69, 9.17) is 10.2 Å². The van der Waals surface area contributed by atoms with Crippen LogP contribution in [-0.2, 0) is 0 Å². The molecule has 22 heavy (non-hydrogen) atoms. The zero-order chi connectivity index (χ0) is 15.9. The second kappa shape index (κ2) is 8.32. The van der Waals surface area contributed by atoms with Crippen LogP contribution in [0.15, 0.2) is 10.7 Å². The van der Waals surface area contributed by atoms with Gasteiger partial charge in [0.15, 0.2) is 5.69 Å². The fourth-order valence-corrected chi connectivity index (χ4v) is 2.90. The van der Waals surface area contributed by atoms with E-state index in [-0.39, 0.29) is 23.9 Å². The first-order chi connectivity index (χ1) is 10.6. The number of nitrogens with zero attached hydrogens (tertiary/aromatic N) is 1. The van der Waals surface area contributed by atoms with Crippen LogP contribution >= 0.6 is 0 Å². The standard InChI is InChI=1S/C17H29N3O2/c1-3-12(2)15(18)17-20-14(11-22-17)16(21)19-13-9-7-5-4-6-8-10-13/h11-13,15H,3-10,18H2,1-2H3,(H,19,21). The number of nitrogens with one attached hydrogen (secondary N) is 1. The second-order valence-electron chi connectivity index (χ2n) is 6.50. The molecule has 2 atom stereocenters. The van der Waals surface area contributed by atoms with Crippen molar-refractivity contribution in [2.24, 2.45) is 11.7 Å². The topological polar surface area (TPSA) is 81.1 Å². The predicted octanol–water partition coefficient (Wildman–Crippen LogP) is 3.56. The van der Waals surface area contributed by atoms with Crippen LogP contribution in [0.1, 0.15) is 87.6 Å². The Labute approximate surface area is 133 Å². The van der Waals surface area contributed by atoms with Crippen LogP contribution in [0.25, 0.3) is 0 Å². The summed E-state index contributed by atoms with van der Waals surface area (Å²) in [6.07, 6.45) is 10.7. The largest absolute Gasteiger partial charge is 0.446 e. The Hall–Kier alpha value is -1.36. The average Bonchev–Trinajstić information content (AvgIpc) is 2.98. The minimum absolute atomic E-state index is 0.142. The molecule has 1 aliphatic carbocycles. The molecule has 1 fully saturated rings. The number of hydrogen-bond acceptors (Lipinski definition) is 4. The second-order valence-corrected chi connectivity index (χ2v) is 6.50. The predicted molar refractivity (Wildman–Crippen MR) is 86.5 cm³/mol. The van der Waals surface area contributed by atoms with Gasteiger partial charge in [-0.2, -0.15) is 0 Å². The van der Waals surface area contributed by atoms with Crippen molar-refractivity contribution >= 4 is 5.91 Å². The molecule has 0 spiro atoms. The molecule has 0 bridgehead atoms. The Balaban J connectivity index is 1.93. The van der Waals surface area contributed by atoms with Crippen molar-refractivity contribution in [3.63, 3.8) is 0 Å². The number of carbonyl (C=O) groups is 1. The molecule has 5 nitrogen and oxygen atoms in total. The molecule has 1 aromatic heterocycles. The Morgan fingerprint density at radius 2 is 2.00 bits per heavy atom. The fraction of sp³-hybridized carbons (Fsp3) is 0.765. The Morgan fingerprint density at radius 3 is 2.64 bits per heavy atom. The third kappa shape index (κ3) is 4.57. The molecular formula is C17H29N3O2. The highest BCUT2D eigenvalue weighted by atomic mass is 16.3. The van der Waals surface area contributed by atoms with Gasteiger partial charge in [-0.1, -0.05) is 52.4 Å². The van der Waals surface area contributed by atoms with Crippen LogP contribution in [0.5, 0.6) is 0 Å². The third-order valence-corrected chi connectivity index (χ3v) is 4.74. The van der Waals surface area contributed by atoms with Gasteiger partial charge in [0.1, 0.15) is 6.26 Å². The SMILES string of the molecule is CCC(C)C(N)c1nc(C(=O)NC2CCCCCCC2)co1. The maximum Gasteiger partial charge on any atom is 0.273 e. The smallest absolute Gasteiger partial charge is 0.273 e. The van der Waals surface area contributed by atoms with E-state index in [2.05, 4.69) is 24.1 Å². The van der Waals surface area contributed by atoms with Gasteiger partial charge < -0.3 is 15.5 Å². The van der Waals surface area contributed by atoms with Crippen molar-refractivity contribution < 1.29 is 9.21 Å². The first kappa shape index (κ1) is 17.0. The first-order valence-corrected chi connectivity index (χ1v) is 8.63. The lowest BCUT2D eigenvalue weighted by Crippen LogP contribution is -2.35. The fourth-order valence-electron chi connectivity index (χ4n) is 2.90. The monoisotopic (exact) mass is 307 g/mol. The Morgan fingerprint density at radius 1 is 1.36 bits per heavy atom. The van der Waals surface area contributed by atoms with Gasteiger partial charge in [-0.25, -0.2) is 4.98 Å². The third-order valence-electron chi connectivity index (χ3n) is 4.74. The lowest BCUT2D eigenvalue weighted by Gasteiger charge is -2.20. The van der Waals surface area contributed by atoms with Crippen molar-refractivity contribution in [3.05, 3.63) is 17.8 Å². The van der Waals surface area contributed by atoms with E-state index in [0.717, 1.165) is 19.3 Å². The number of oxazole rings is 1. The summed E-state index contributed by atoms with van der Waals surface area (Å²) in [6.45, 7) is 4.14. The van der Waals surface area contributed by atoms with Gasteiger partial charge in [-0.15, -0.1) is 0 Å². The van der Waals surface area contributed by atoms with Gasteiger partial charge in [0.05, 0.1) is 6.04 Å². The molecule has 124 valence electrons. The first-order valence-electron chi connectivity index (χ1n) is 8.63. The number of rotatable bonds is 5. The average molecular weight is 307 g/mol. The molecule has 0 saturated heterocycles. The van der Waals surface area contributed by atoms with Crippen molar-refractivity contribution in [2.45, 2.75) is 77.3 Å². The van der Waals surface area contributed by atoms with Gasteiger partial charge in [-0.05, 0) is 18.8 Å². The zero-order valence-electron chi connectivity index (χ0n) is 13.8. The minimum atomic E-state index is -0.257. The molecular weight excluding hydrogens is 278 g/mol. The molecule has 1 saturated carbocycles. The van der Waals surface area contributed by atoms with Crippen LogP contribution in [0.2, 0.25) is 0 Å². The van der Waals surface area contributed by atoms with Crippen molar-refractivity contribution in [3.8, 4) is 0 Å². The maximum absolute atomic E-state index is 12.3. The van der Waals surface area contributed by atoms with Crippen LogP contribution in [0, 0.1) is 5.92 Å². The molecule has 0 aromatic carbocycles. The van der Waals surface area contributed by atoms with E-state index in [1.807, 2.05) is 0 Å². The minimum Gasteiger partial charge on any atom is -0.446 e. The van der Waals surface area contributed by atoms with E-state index in [1.165, 1.54) is 38.4 Å². The number of aromatic nitrogens is 1. The van der Waals surface area contributed by atoms with Gasteiger partial charge in [0.25, 0.3) is 5.91 Å². The van der Waals surface area contributed by atoms with E-state index in [9.17, 15) is 4.79 Å². The molecule has 1 aliphatic rings. The highest BCUT2D eigenvalue weighted by Crippen LogP contribution is 2.21. The summed E-state index contributed by atoms with van der Waals surface area (Å²) in [5.41, 5.74) is 6.44. The Kier molecular flexibility index (Phi) is 6.43. The highest BCUT2D eigenvalue weighted by molar-refractivity contribution is 5.92. The number of hydrogen-bond donors (Lipinski definition) is 2. The quantitative estimate of drug-likeness (QED) is 0.871. The lowest BCUT2D eigenvalue weighted by molar-refractivity contribution is 0.0925. The molecule has 2 rings (SSSR count). The lowest BCUT2D eigenvalue weighted by atomic mass is 9.96. The number of nitrogens with two attached hydrogens (primary N) is 1. The van der Waals surface area contributed by atoms with Gasteiger partial charge in [0.2, 0.25) is 5.89 Å². The summed E-state index contributed by atoms with van der Waals surface area (Å²) in [5, 5.41) is 3.10. The number of amides is 1. The van der Waals surface area contributed by atoms with Crippen LogP contribution in [0.4, 0.5) is 0 Å². The molecule has 1 aromatic rings. The molecule has 3 N–H and O–H groups in total. The molecule has 0 aliphatic heterocycles.